The quantitative estimate of drug-likeness (QED) is 0.739. The third-order valence-electron chi connectivity index (χ3n) is 5.84. The number of carbonyl (C=O) groups excluding carboxylic acids is 1. The van der Waals surface area contributed by atoms with Crippen LogP contribution in [0.3, 0.4) is 0 Å². The number of benzene rings is 3. The van der Waals surface area contributed by atoms with Crippen LogP contribution in [0.2, 0.25) is 0 Å². The molecule has 0 saturated carbocycles. The van der Waals surface area contributed by atoms with E-state index in [1.54, 1.807) is 0 Å². The summed E-state index contributed by atoms with van der Waals surface area (Å²) >= 11 is 0. The Morgan fingerprint density at radius 2 is 1.67 bits per heavy atom. The number of hydrazine groups is 1. The third kappa shape index (κ3) is 3.01. The lowest BCUT2D eigenvalue weighted by atomic mass is 9.95. The van der Waals surface area contributed by atoms with Gasteiger partial charge in [0.15, 0.2) is 0 Å². The Hall–Kier alpha value is -2.69. The minimum atomic E-state index is -0.181. The maximum absolute atomic E-state index is 13.1. The molecule has 27 heavy (non-hydrogen) atoms. The van der Waals surface area contributed by atoms with Gasteiger partial charge in [-0.3, -0.25) is 4.79 Å². The lowest BCUT2D eigenvalue weighted by Crippen LogP contribution is -2.47. The van der Waals surface area contributed by atoms with Crippen molar-refractivity contribution < 1.29 is 4.79 Å². The molecule has 136 valence electrons. The van der Waals surface area contributed by atoms with Gasteiger partial charge in [0.05, 0.1) is 0 Å². The molecule has 0 aromatic heterocycles. The lowest BCUT2D eigenvalue weighted by Gasteiger charge is -2.30. The van der Waals surface area contributed by atoms with Crippen molar-refractivity contribution in [2.75, 3.05) is 6.54 Å². The molecule has 2 atom stereocenters. The summed E-state index contributed by atoms with van der Waals surface area (Å²) < 4.78 is 0. The number of carbonyl (C=O) groups is 1. The summed E-state index contributed by atoms with van der Waals surface area (Å²) in [5.41, 5.74) is 10.5. The van der Waals surface area contributed by atoms with E-state index in [9.17, 15) is 4.79 Å². The van der Waals surface area contributed by atoms with E-state index in [0.29, 0.717) is 6.54 Å². The van der Waals surface area contributed by atoms with Gasteiger partial charge >= 0.3 is 0 Å². The standard InChI is InChI=1S/C23H23N3O/c27-23(26-13-12-16-6-1-2-8-18(16)15-26)22-14-21(24-25-22)20-11-5-9-17-7-3-4-10-19(17)20/h1-11,21-22,24-25H,12-15H2. The average Bonchev–Trinajstić information content (AvgIpc) is 3.22. The van der Waals surface area contributed by atoms with Gasteiger partial charge in [0.25, 0.3) is 0 Å². The van der Waals surface area contributed by atoms with Crippen molar-refractivity contribution in [3.8, 4) is 0 Å². The summed E-state index contributed by atoms with van der Waals surface area (Å²) in [7, 11) is 0. The molecule has 0 spiro atoms. The Kier molecular flexibility index (Phi) is 4.15. The molecule has 0 bridgehead atoms. The van der Waals surface area contributed by atoms with Crippen LogP contribution in [-0.2, 0) is 17.8 Å². The van der Waals surface area contributed by atoms with Gasteiger partial charge in [0, 0.05) is 19.1 Å². The summed E-state index contributed by atoms with van der Waals surface area (Å²) in [6.07, 6.45) is 1.71. The number of fused-ring (bicyclic) bond motifs is 2. The van der Waals surface area contributed by atoms with Crippen molar-refractivity contribution in [2.45, 2.75) is 31.5 Å². The highest BCUT2D eigenvalue weighted by atomic mass is 16.2. The first-order chi connectivity index (χ1) is 13.3. The van der Waals surface area contributed by atoms with Crippen LogP contribution < -0.4 is 10.9 Å². The molecule has 3 aromatic carbocycles. The molecule has 2 unspecified atom stereocenters. The highest BCUT2D eigenvalue weighted by molar-refractivity contribution is 5.87. The Labute approximate surface area is 159 Å². The van der Waals surface area contributed by atoms with E-state index in [2.05, 4.69) is 77.6 Å². The van der Waals surface area contributed by atoms with Crippen LogP contribution in [0.1, 0.15) is 29.2 Å². The van der Waals surface area contributed by atoms with Gasteiger partial charge in [-0.1, -0.05) is 66.7 Å². The Morgan fingerprint density at radius 1 is 0.889 bits per heavy atom. The smallest absolute Gasteiger partial charge is 0.241 e. The van der Waals surface area contributed by atoms with Crippen LogP contribution in [0.5, 0.6) is 0 Å². The minimum absolute atomic E-state index is 0.141. The molecular weight excluding hydrogens is 334 g/mol. The van der Waals surface area contributed by atoms with E-state index in [4.69, 9.17) is 0 Å². The van der Waals surface area contributed by atoms with Gasteiger partial charge in [-0.15, -0.1) is 0 Å². The normalized spacial score (nSPS) is 22.0. The molecular formula is C23H23N3O. The first kappa shape index (κ1) is 16.5. The number of rotatable bonds is 2. The zero-order chi connectivity index (χ0) is 18.2. The molecule has 1 fully saturated rings. The van der Waals surface area contributed by atoms with Crippen LogP contribution in [-0.4, -0.2) is 23.4 Å². The molecule has 3 aromatic rings. The molecule has 1 amide bonds. The fraction of sp³-hybridized carbons (Fsp3) is 0.261. The predicted octanol–water partition coefficient (Wildman–Crippen LogP) is 3.33. The lowest BCUT2D eigenvalue weighted by molar-refractivity contribution is -0.134. The van der Waals surface area contributed by atoms with Gasteiger partial charge in [0.1, 0.15) is 6.04 Å². The van der Waals surface area contributed by atoms with Crippen molar-refractivity contribution in [1.82, 2.24) is 15.8 Å². The van der Waals surface area contributed by atoms with Gasteiger partial charge in [-0.2, -0.15) is 0 Å². The zero-order valence-electron chi connectivity index (χ0n) is 15.2. The second-order valence-corrected chi connectivity index (χ2v) is 7.48. The van der Waals surface area contributed by atoms with Crippen LogP contribution in [0.25, 0.3) is 10.8 Å². The van der Waals surface area contributed by atoms with Gasteiger partial charge < -0.3 is 4.90 Å². The molecule has 4 heteroatoms. The highest BCUT2D eigenvalue weighted by Crippen LogP contribution is 2.30. The van der Waals surface area contributed by atoms with Crippen LogP contribution in [0, 0.1) is 0 Å². The predicted molar refractivity (Wildman–Crippen MR) is 107 cm³/mol. The van der Waals surface area contributed by atoms with Crippen molar-refractivity contribution in [3.05, 3.63) is 83.4 Å². The molecule has 2 heterocycles. The topological polar surface area (TPSA) is 44.4 Å². The van der Waals surface area contributed by atoms with E-state index in [0.717, 1.165) is 19.4 Å². The summed E-state index contributed by atoms with van der Waals surface area (Å²) in [4.78, 5) is 15.1. The molecule has 0 aliphatic carbocycles. The highest BCUT2D eigenvalue weighted by Gasteiger charge is 2.34. The van der Waals surface area contributed by atoms with Crippen LogP contribution in [0.15, 0.2) is 66.7 Å². The van der Waals surface area contributed by atoms with Crippen LogP contribution >= 0.6 is 0 Å². The first-order valence-corrected chi connectivity index (χ1v) is 9.64. The van der Waals surface area contributed by atoms with Crippen molar-refractivity contribution in [3.63, 3.8) is 0 Å². The van der Waals surface area contributed by atoms with E-state index >= 15 is 0 Å². The van der Waals surface area contributed by atoms with E-state index in [-0.39, 0.29) is 18.0 Å². The minimum Gasteiger partial charge on any atom is -0.337 e. The Bertz CT molecular complexity index is 994. The zero-order valence-corrected chi connectivity index (χ0v) is 15.2. The molecule has 2 aliphatic rings. The maximum Gasteiger partial charge on any atom is 0.241 e. The number of nitrogens with zero attached hydrogens (tertiary/aromatic N) is 1. The van der Waals surface area contributed by atoms with E-state index in [1.165, 1.54) is 27.5 Å². The molecule has 0 radical (unpaired) electrons. The van der Waals surface area contributed by atoms with Crippen molar-refractivity contribution in [1.29, 1.82) is 0 Å². The monoisotopic (exact) mass is 357 g/mol. The van der Waals surface area contributed by atoms with Gasteiger partial charge in [0.2, 0.25) is 5.91 Å². The van der Waals surface area contributed by atoms with Crippen molar-refractivity contribution in [2.24, 2.45) is 0 Å². The number of hydrogen-bond donors (Lipinski definition) is 2. The maximum atomic E-state index is 13.1. The SMILES string of the molecule is O=C(C1CC(c2cccc3ccccc23)NN1)N1CCc2ccccc2C1. The van der Waals surface area contributed by atoms with Crippen LogP contribution in [0.4, 0.5) is 0 Å². The molecule has 2 N–H and O–H groups in total. The van der Waals surface area contributed by atoms with Gasteiger partial charge in [-0.05, 0) is 40.3 Å². The number of amides is 1. The first-order valence-electron chi connectivity index (χ1n) is 9.64. The van der Waals surface area contributed by atoms with E-state index in [1.807, 2.05) is 4.90 Å². The summed E-state index contributed by atoms with van der Waals surface area (Å²) in [5.74, 6) is 0.194. The molecule has 4 nitrogen and oxygen atoms in total. The summed E-state index contributed by atoms with van der Waals surface area (Å²) in [5, 5.41) is 2.48. The fourth-order valence-electron chi connectivity index (χ4n) is 4.38. The summed E-state index contributed by atoms with van der Waals surface area (Å²) in [6.45, 7) is 1.51. The number of hydrogen-bond acceptors (Lipinski definition) is 3. The average molecular weight is 357 g/mol. The van der Waals surface area contributed by atoms with Crippen molar-refractivity contribution >= 4 is 16.7 Å². The molecule has 2 aliphatic heterocycles. The second-order valence-electron chi connectivity index (χ2n) is 7.48. The summed E-state index contributed by atoms with van der Waals surface area (Å²) in [6, 6.07) is 23.2. The largest absolute Gasteiger partial charge is 0.337 e. The van der Waals surface area contributed by atoms with Gasteiger partial charge in [-0.25, -0.2) is 10.9 Å². The van der Waals surface area contributed by atoms with E-state index < -0.39 is 0 Å². The molecule has 1 saturated heterocycles. The Morgan fingerprint density at radius 3 is 2.59 bits per heavy atom. The molecule has 5 rings (SSSR count). The second kappa shape index (κ2) is 6.80. The Balaban J connectivity index is 1.33. The third-order valence-corrected chi connectivity index (χ3v) is 5.84. The fourth-order valence-corrected chi connectivity index (χ4v) is 4.38. The number of nitrogens with one attached hydrogen (secondary N) is 2.